The van der Waals surface area contributed by atoms with Crippen molar-refractivity contribution in [2.75, 3.05) is 11.1 Å². The zero-order valence-electron chi connectivity index (χ0n) is 11.6. The number of anilines is 2. The Morgan fingerprint density at radius 2 is 1.55 bits per heavy atom. The molecule has 2 nitrogen and oxygen atoms in total. The maximum absolute atomic E-state index is 5.69. The Balaban J connectivity index is 1.77. The van der Waals surface area contributed by atoms with E-state index in [9.17, 15) is 0 Å². The van der Waals surface area contributed by atoms with E-state index in [1.165, 1.54) is 21.9 Å². The molecule has 0 bridgehead atoms. The molecule has 100 valence electrons. The number of hydrogen-bond acceptors (Lipinski definition) is 2. The van der Waals surface area contributed by atoms with E-state index in [-0.39, 0.29) is 0 Å². The van der Waals surface area contributed by atoms with E-state index >= 15 is 0 Å². The Morgan fingerprint density at radius 3 is 2.35 bits per heavy atom. The fourth-order valence-corrected chi connectivity index (χ4v) is 2.31. The second kappa shape index (κ2) is 5.25. The monoisotopic (exact) mass is 262 g/mol. The molecule has 3 aromatic carbocycles. The van der Waals surface area contributed by atoms with E-state index in [4.69, 9.17) is 5.73 Å². The standard InChI is InChI=1S/C18H18N2/c1-13-2-5-16-11-18(9-6-15(16)10-13)20-12-14-3-7-17(19)8-4-14/h2-11,20H,12,19H2,1H3. The number of aryl methyl sites for hydroxylation is 1. The highest BCUT2D eigenvalue weighted by atomic mass is 14.9. The number of nitrogens with two attached hydrogens (primary N) is 1. The molecule has 20 heavy (non-hydrogen) atoms. The number of fused-ring (bicyclic) bond motifs is 1. The van der Waals surface area contributed by atoms with Crippen LogP contribution < -0.4 is 11.1 Å². The minimum absolute atomic E-state index is 0.801. The van der Waals surface area contributed by atoms with Crippen molar-refractivity contribution >= 4 is 22.1 Å². The van der Waals surface area contributed by atoms with Gasteiger partial charge in [0.1, 0.15) is 0 Å². The first-order valence-corrected chi connectivity index (χ1v) is 6.79. The Labute approximate surface area is 119 Å². The minimum Gasteiger partial charge on any atom is -0.399 e. The average molecular weight is 262 g/mol. The van der Waals surface area contributed by atoms with Gasteiger partial charge in [-0.1, -0.05) is 42.0 Å². The second-order valence-electron chi connectivity index (χ2n) is 5.16. The maximum Gasteiger partial charge on any atom is 0.0400 e. The Hall–Kier alpha value is -2.48. The average Bonchev–Trinajstić information content (AvgIpc) is 2.46. The molecule has 0 saturated carbocycles. The fraction of sp³-hybridized carbons (Fsp3) is 0.111. The molecule has 0 fully saturated rings. The van der Waals surface area contributed by atoms with Gasteiger partial charge in [0, 0.05) is 17.9 Å². The van der Waals surface area contributed by atoms with Crippen molar-refractivity contribution in [2.24, 2.45) is 0 Å². The van der Waals surface area contributed by atoms with Crippen LogP contribution >= 0.6 is 0 Å². The molecule has 0 radical (unpaired) electrons. The first-order valence-electron chi connectivity index (χ1n) is 6.79. The van der Waals surface area contributed by atoms with E-state index in [0.717, 1.165) is 17.9 Å². The summed E-state index contributed by atoms with van der Waals surface area (Å²) in [5, 5.41) is 5.99. The molecule has 0 aliphatic rings. The predicted octanol–water partition coefficient (Wildman–Crippen LogP) is 4.34. The lowest BCUT2D eigenvalue weighted by atomic mass is 10.1. The van der Waals surface area contributed by atoms with Crippen LogP contribution in [0.25, 0.3) is 10.8 Å². The molecule has 3 aromatic rings. The van der Waals surface area contributed by atoms with Crippen molar-refractivity contribution in [3.05, 3.63) is 71.8 Å². The molecule has 0 amide bonds. The van der Waals surface area contributed by atoms with Gasteiger partial charge in [-0.3, -0.25) is 0 Å². The molecule has 0 atom stereocenters. The van der Waals surface area contributed by atoms with Gasteiger partial charge in [-0.15, -0.1) is 0 Å². The van der Waals surface area contributed by atoms with Gasteiger partial charge in [0.2, 0.25) is 0 Å². The van der Waals surface area contributed by atoms with Gasteiger partial charge in [-0.05, 0) is 47.5 Å². The summed E-state index contributed by atoms with van der Waals surface area (Å²) in [7, 11) is 0. The number of rotatable bonds is 3. The van der Waals surface area contributed by atoms with E-state index in [2.05, 4.69) is 48.6 Å². The predicted molar refractivity (Wildman–Crippen MR) is 86.9 cm³/mol. The Morgan fingerprint density at radius 1 is 0.850 bits per heavy atom. The Bertz CT molecular complexity index is 730. The summed E-state index contributed by atoms with van der Waals surface area (Å²) in [5.74, 6) is 0. The summed E-state index contributed by atoms with van der Waals surface area (Å²) < 4.78 is 0. The van der Waals surface area contributed by atoms with Crippen molar-refractivity contribution in [1.29, 1.82) is 0 Å². The SMILES string of the molecule is Cc1ccc2cc(NCc3ccc(N)cc3)ccc2c1. The third-order valence-electron chi connectivity index (χ3n) is 3.47. The van der Waals surface area contributed by atoms with Crippen LogP contribution in [-0.4, -0.2) is 0 Å². The minimum atomic E-state index is 0.801. The molecule has 0 spiro atoms. The summed E-state index contributed by atoms with van der Waals surface area (Å²) in [4.78, 5) is 0. The van der Waals surface area contributed by atoms with Gasteiger partial charge in [-0.25, -0.2) is 0 Å². The first-order chi connectivity index (χ1) is 9.70. The van der Waals surface area contributed by atoms with Gasteiger partial charge >= 0.3 is 0 Å². The summed E-state index contributed by atoms with van der Waals surface area (Å²) in [5.41, 5.74) is 10.1. The molecule has 0 heterocycles. The quantitative estimate of drug-likeness (QED) is 0.689. The highest BCUT2D eigenvalue weighted by Crippen LogP contribution is 2.21. The molecule has 2 heteroatoms. The zero-order valence-corrected chi connectivity index (χ0v) is 11.6. The largest absolute Gasteiger partial charge is 0.399 e. The van der Waals surface area contributed by atoms with Crippen LogP contribution in [0.2, 0.25) is 0 Å². The topological polar surface area (TPSA) is 38.0 Å². The fourth-order valence-electron chi connectivity index (χ4n) is 2.31. The van der Waals surface area contributed by atoms with Gasteiger partial charge in [0.25, 0.3) is 0 Å². The van der Waals surface area contributed by atoms with Crippen LogP contribution in [0.5, 0.6) is 0 Å². The van der Waals surface area contributed by atoms with Crippen LogP contribution in [0, 0.1) is 6.92 Å². The number of nitrogen functional groups attached to an aromatic ring is 1. The highest BCUT2D eigenvalue weighted by Gasteiger charge is 1.98. The Kier molecular flexibility index (Phi) is 3.30. The van der Waals surface area contributed by atoms with Crippen LogP contribution in [0.3, 0.4) is 0 Å². The van der Waals surface area contributed by atoms with E-state index < -0.39 is 0 Å². The first kappa shape index (κ1) is 12.5. The lowest BCUT2D eigenvalue weighted by Gasteiger charge is -2.08. The van der Waals surface area contributed by atoms with Crippen LogP contribution in [0.4, 0.5) is 11.4 Å². The molecule has 0 aromatic heterocycles. The third-order valence-corrected chi connectivity index (χ3v) is 3.47. The summed E-state index contributed by atoms with van der Waals surface area (Å²) >= 11 is 0. The molecular weight excluding hydrogens is 244 g/mol. The molecule has 0 aliphatic heterocycles. The highest BCUT2D eigenvalue weighted by molar-refractivity contribution is 5.86. The van der Waals surface area contributed by atoms with Gasteiger partial charge in [0.05, 0.1) is 0 Å². The van der Waals surface area contributed by atoms with Crippen LogP contribution in [-0.2, 0) is 6.54 Å². The zero-order chi connectivity index (χ0) is 13.9. The number of nitrogens with one attached hydrogen (secondary N) is 1. The lowest BCUT2D eigenvalue weighted by molar-refractivity contribution is 1.15. The molecular formula is C18H18N2. The summed E-state index contributed by atoms with van der Waals surface area (Å²) in [6.07, 6.45) is 0. The third kappa shape index (κ3) is 2.75. The maximum atomic E-state index is 5.69. The van der Waals surface area contributed by atoms with E-state index in [1.54, 1.807) is 0 Å². The van der Waals surface area contributed by atoms with Gasteiger partial charge in [0.15, 0.2) is 0 Å². The van der Waals surface area contributed by atoms with Crippen molar-refractivity contribution in [3.63, 3.8) is 0 Å². The van der Waals surface area contributed by atoms with E-state index in [0.29, 0.717) is 0 Å². The number of hydrogen-bond donors (Lipinski definition) is 2. The van der Waals surface area contributed by atoms with Crippen LogP contribution in [0.1, 0.15) is 11.1 Å². The molecule has 0 saturated heterocycles. The van der Waals surface area contributed by atoms with Crippen molar-refractivity contribution in [1.82, 2.24) is 0 Å². The second-order valence-corrected chi connectivity index (χ2v) is 5.16. The van der Waals surface area contributed by atoms with Gasteiger partial charge in [-0.2, -0.15) is 0 Å². The molecule has 0 unspecified atom stereocenters. The van der Waals surface area contributed by atoms with Crippen molar-refractivity contribution in [2.45, 2.75) is 13.5 Å². The molecule has 0 aliphatic carbocycles. The number of benzene rings is 3. The van der Waals surface area contributed by atoms with Crippen LogP contribution in [0.15, 0.2) is 60.7 Å². The van der Waals surface area contributed by atoms with Gasteiger partial charge < -0.3 is 11.1 Å². The molecule has 3 N–H and O–H groups in total. The summed E-state index contributed by atoms with van der Waals surface area (Å²) in [6.45, 7) is 2.92. The van der Waals surface area contributed by atoms with Crippen molar-refractivity contribution in [3.8, 4) is 0 Å². The summed E-state index contributed by atoms with van der Waals surface area (Å²) in [6, 6.07) is 20.9. The normalized spacial score (nSPS) is 10.7. The van der Waals surface area contributed by atoms with Crippen molar-refractivity contribution < 1.29 is 0 Å². The molecule has 3 rings (SSSR count). The lowest BCUT2D eigenvalue weighted by Crippen LogP contribution is -1.99. The van der Waals surface area contributed by atoms with E-state index in [1.807, 2.05) is 24.3 Å². The smallest absolute Gasteiger partial charge is 0.0400 e.